The van der Waals surface area contributed by atoms with Crippen LogP contribution in [0.2, 0.25) is 5.02 Å². The molecule has 20 heavy (non-hydrogen) atoms. The zero-order valence-corrected chi connectivity index (χ0v) is 13.6. The van der Waals surface area contributed by atoms with Gasteiger partial charge in [0.1, 0.15) is 0 Å². The molecule has 3 nitrogen and oxygen atoms in total. The number of carbonyl (C=O) groups excluding carboxylic acids is 1. The van der Waals surface area contributed by atoms with Crippen LogP contribution in [0.25, 0.3) is 0 Å². The van der Waals surface area contributed by atoms with Crippen molar-refractivity contribution < 1.29 is 4.79 Å². The van der Waals surface area contributed by atoms with Gasteiger partial charge in [-0.3, -0.25) is 4.79 Å². The Kier molecular flexibility index (Phi) is 5.75. The molecule has 1 aliphatic rings. The molecule has 5 heteroatoms. The summed E-state index contributed by atoms with van der Waals surface area (Å²) in [4.78, 5) is 15.7. The summed E-state index contributed by atoms with van der Waals surface area (Å²) in [6.07, 6.45) is 2.18. The van der Waals surface area contributed by atoms with Crippen molar-refractivity contribution in [2.75, 3.05) is 25.9 Å². The lowest BCUT2D eigenvalue weighted by molar-refractivity contribution is 0.0694. The molecule has 1 aromatic rings. The Morgan fingerprint density at radius 2 is 2.35 bits per heavy atom. The number of rotatable bonds is 4. The lowest BCUT2D eigenvalue weighted by Gasteiger charge is -2.33. The smallest absolute Gasteiger partial charge is 0.255 e. The van der Waals surface area contributed by atoms with Crippen molar-refractivity contribution in [3.05, 3.63) is 28.8 Å². The summed E-state index contributed by atoms with van der Waals surface area (Å²) in [5, 5.41) is 3.89. The molecule has 1 amide bonds. The Balaban J connectivity index is 2.21. The van der Waals surface area contributed by atoms with E-state index in [1.54, 1.807) is 17.8 Å². The highest BCUT2D eigenvalue weighted by atomic mass is 35.5. The molecule has 0 saturated carbocycles. The van der Waals surface area contributed by atoms with Crippen molar-refractivity contribution in [2.45, 2.75) is 30.7 Å². The Morgan fingerprint density at radius 3 is 3.05 bits per heavy atom. The van der Waals surface area contributed by atoms with Crippen molar-refractivity contribution in [2.24, 2.45) is 0 Å². The van der Waals surface area contributed by atoms with E-state index in [0.29, 0.717) is 11.1 Å². The third kappa shape index (κ3) is 3.68. The van der Waals surface area contributed by atoms with Crippen molar-refractivity contribution in [1.82, 2.24) is 10.2 Å². The number of halogens is 1. The quantitative estimate of drug-likeness (QED) is 0.866. The van der Waals surface area contributed by atoms with Crippen LogP contribution in [0.3, 0.4) is 0 Å². The van der Waals surface area contributed by atoms with Gasteiger partial charge in [-0.2, -0.15) is 0 Å². The van der Waals surface area contributed by atoms with Crippen LogP contribution in [-0.4, -0.2) is 42.7 Å². The molecule has 0 spiro atoms. The number of benzene rings is 1. The molecule has 110 valence electrons. The van der Waals surface area contributed by atoms with Gasteiger partial charge in [0.15, 0.2) is 0 Å². The number of piperidine rings is 1. The van der Waals surface area contributed by atoms with Gasteiger partial charge in [-0.15, -0.1) is 11.8 Å². The van der Waals surface area contributed by atoms with Gasteiger partial charge < -0.3 is 10.2 Å². The highest BCUT2D eigenvalue weighted by molar-refractivity contribution is 7.99. The number of nitrogens with one attached hydrogen (secondary N) is 1. The fourth-order valence-electron chi connectivity index (χ4n) is 2.52. The number of thioether (sulfide) groups is 1. The predicted molar refractivity (Wildman–Crippen MR) is 85.8 cm³/mol. The van der Waals surface area contributed by atoms with Crippen LogP contribution in [0.4, 0.5) is 0 Å². The Hall–Kier alpha value is -0.710. The number of hydrogen-bond acceptors (Lipinski definition) is 3. The van der Waals surface area contributed by atoms with Gasteiger partial charge >= 0.3 is 0 Å². The first kappa shape index (κ1) is 15.7. The monoisotopic (exact) mass is 312 g/mol. The first-order valence-corrected chi connectivity index (χ1v) is 8.41. The second kappa shape index (κ2) is 7.34. The molecule has 1 aliphatic heterocycles. The summed E-state index contributed by atoms with van der Waals surface area (Å²) >= 11 is 7.75. The highest BCUT2D eigenvalue weighted by Crippen LogP contribution is 2.27. The van der Waals surface area contributed by atoms with Crippen molar-refractivity contribution in [1.29, 1.82) is 0 Å². The van der Waals surface area contributed by atoms with Crippen LogP contribution in [-0.2, 0) is 0 Å². The Bertz CT molecular complexity index is 481. The summed E-state index contributed by atoms with van der Waals surface area (Å²) in [5.41, 5.74) is 0.737. The van der Waals surface area contributed by atoms with Gasteiger partial charge in [0.2, 0.25) is 0 Å². The average Bonchev–Trinajstić information content (AvgIpc) is 2.48. The van der Waals surface area contributed by atoms with Crippen LogP contribution in [0, 0.1) is 0 Å². The van der Waals surface area contributed by atoms with Crippen molar-refractivity contribution >= 4 is 29.3 Å². The molecule has 0 aliphatic carbocycles. The minimum absolute atomic E-state index is 0.100. The van der Waals surface area contributed by atoms with E-state index >= 15 is 0 Å². The lowest BCUT2D eigenvalue weighted by Crippen LogP contribution is -2.47. The Morgan fingerprint density at radius 1 is 1.55 bits per heavy atom. The minimum Gasteiger partial charge on any atom is -0.337 e. The van der Waals surface area contributed by atoms with Crippen LogP contribution < -0.4 is 5.32 Å². The average molecular weight is 313 g/mol. The summed E-state index contributed by atoms with van der Waals surface area (Å²) < 4.78 is 0. The zero-order chi connectivity index (χ0) is 14.5. The van der Waals surface area contributed by atoms with Crippen molar-refractivity contribution in [3.8, 4) is 0 Å². The van der Waals surface area contributed by atoms with Gasteiger partial charge in [0.05, 0.1) is 5.56 Å². The summed E-state index contributed by atoms with van der Waals surface area (Å²) in [6, 6.07) is 5.99. The molecule has 1 unspecified atom stereocenters. The maximum atomic E-state index is 12.7. The second-order valence-electron chi connectivity index (χ2n) is 4.95. The van der Waals surface area contributed by atoms with Crippen LogP contribution in [0.1, 0.15) is 30.1 Å². The van der Waals surface area contributed by atoms with E-state index in [4.69, 9.17) is 11.6 Å². The van der Waals surface area contributed by atoms with Gasteiger partial charge in [-0.05, 0) is 43.8 Å². The molecule has 0 radical (unpaired) electrons. The lowest BCUT2D eigenvalue weighted by atomic mass is 10.0. The topological polar surface area (TPSA) is 32.3 Å². The van der Waals surface area contributed by atoms with Gasteiger partial charge in [-0.1, -0.05) is 18.5 Å². The number of nitrogens with zero attached hydrogens (tertiary/aromatic N) is 1. The molecule has 2 rings (SSSR count). The molecule has 1 atom stereocenters. The maximum absolute atomic E-state index is 12.7. The third-order valence-electron chi connectivity index (χ3n) is 3.59. The minimum atomic E-state index is 0.100. The van der Waals surface area contributed by atoms with Crippen molar-refractivity contribution in [3.63, 3.8) is 0 Å². The molecule has 1 saturated heterocycles. The van der Waals surface area contributed by atoms with Gasteiger partial charge in [0, 0.05) is 29.0 Å². The van der Waals surface area contributed by atoms with E-state index in [-0.39, 0.29) is 5.91 Å². The van der Waals surface area contributed by atoms with E-state index in [1.807, 2.05) is 24.1 Å². The predicted octanol–water partition coefficient (Wildman–Crippen LogP) is 3.28. The number of carbonyl (C=O) groups is 1. The van der Waals surface area contributed by atoms with E-state index in [9.17, 15) is 4.79 Å². The second-order valence-corrected chi connectivity index (χ2v) is 6.69. The van der Waals surface area contributed by atoms with Crippen LogP contribution in [0.5, 0.6) is 0 Å². The molecule has 1 aromatic carbocycles. The number of hydrogen-bond donors (Lipinski definition) is 1. The first-order valence-electron chi connectivity index (χ1n) is 7.04. The van der Waals surface area contributed by atoms with E-state index in [1.165, 1.54) is 0 Å². The normalized spacial score (nSPS) is 19.1. The summed E-state index contributed by atoms with van der Waals surface area (Å²) in [6.45, 7) is 3.70. The maximum Gasteiger partial charge on any atom is 0.255 e. The summed E-state index contributed by atoms with van der Waals surface area (Å²) in [7, 11) is 1.95. The van der Waals surface area contributed by atoms with Crippen LogP contribution in [0.15, 0.2) is 23.1 Å². The third-order valence-corrected chi connectivity index (χ3v) is 4.78. The van der Waals surface area contributed by atoms with Gasteiger partial charge in [0.25, 0.3) is 5.91 Å². The molecular weight excluding hydrogens is 292 g/mol. The molecule has 1 fully saturated rings. The number of likely N-dealkylation sites (N-methyl/N-ethyl adjacent to an activating group) is 1. The standard InChI is InChI=1S/C15H21ClN2OS/c1-3-20-14-7-6-11(16)9-13(14)15(19)18-8-4-5-12(10-18)17-2/h6-7,9,12,17H,3-5,8,10H2,1-2H3. The van der Waals surface area contributed by atoms with E-state index in [2.05, 4.69) is 12.2 Å². The molecule has 1 heterocycles. The molecule has 0 aromatic heterocycles. The zero-order valence-electron chi connectivity index (χ0n) is 12.0. The fraction of sp³-hybridized carbons (Fsp3) is 0.533. The SMILES string of the molecule is CCSc1ccc(Cl)cc1C(=O)N1CCCC(NC)C1. The summed E-state index contributed by atoms with van der Waals surface area (Å²) in [5.74, 6) is 1.05. The largest absolute Gasteiger partial charge is 0.337 e. The molecule has 1 N–H and O–H groups in total. The molecule has 0 bridgehead atoms. The highest BCUT2D eigenvalue weighted by Gasteiger charge is 2.25. The number of amides is 1. The first-order chi connectivity index (χ1) is 9.65. The van der Waals surface area contributed by atoms with E-state index in [0.717, 1.165) is 42.1 Å². The van der Waals surface area contributed by atoms with Gasteiger partial charge in [-0.25, -0.2) is 0 Å². The van der Waals surface area contributed by atoms with Crippen LogP contribution >= 0.6 is 23.4 Å². The number of likely N-dealkylation sites (tertiary alicyclic amines) is 1. The van der Waals surface area contributed by atoms with E-state index < -0.39 is 0 Å². The fourth-order valence-corrected chi connectivity index (χ4v) is 3.47. The Labute approximate surface area is 130 Å². The molecular formula is C15H21ClN2OS.